The van der Waals surface area contributed by atoms with Gasteiger partial charge in [-0.15, -0.1) is 0 Å². The molecule has 0 aromatic heterocycles. The Hall–Kier alpha value is -1.58. The van der Waals surface area contributed by atoms with Crippen molar-refractivity contribution >= 4 is 17.3 Å². The van der Waals surface area contributed by atoms with Crippen molar-refractivity contribution in [2.75, 3.05) is 5.73 Å². The zero-order valence-corrected chi connectivity index (χ0v) is 12.5. The maximum absolute atomic E-state index is 13.4. The standard InChI is InChI=1S/C17H18ClFN2/c18-17-8-3-14(19)9-13(17)11-21(16-6-7-16)10-12-1-4-15(20)5-2-12/h1-5,8-9,16H,6-7,10-11,20H2. The molecule has 110 valence electrons. The Morgan fingerprint density at radius 2 is 1.81 bits per heavy atom. The molecule has 0 amide bonds. The fourth-order valence-corrected chi connectivity index (χ4v) is 2.67. The lowest BCUT2D eigenvalue weighted by atomic mass is 10.1. The Kier molecular flexibility index (Phi) is 4.13. The molecule has 4 heteroatoms. The lowest BCUT2D eigenvalue weighted by molar-refractivity contribution is 0.245. The average Bonchev–Trinajstić information content (AvgIpc) is 3.29. The summed E-state index contributed by atoms with van der Waals surface area (Å²) in [7, 11) is 0. The first-order valence-electron chi connectivity index (χ1n) is 7.14. The van der Waals surface area contributed by atoms with E-state index < -0.39 is 0 Å². The van der Waals surface area contributed by atoms with Crippen molar-refractivity contribution in [3.8, 4) is 0 Å². The van der Waals surface area contributed by atoms with Crippen LogP contribution in [0, 0.1) is 5.82 Å². The number of benzene rings is 2. The molecule has 21 heavy (non-hydrogen) atoms. The van der Waals surface area contributed by atoms with E-state index in [1.165, 1.54) is 30.5 Å². The fourth-order valence-electron chi connectivity index (χ4n) is 2.49. The van der Waals surface area contributed by atoms with Crippen LogP contribution in [0.3, 0.4) is 0 Å². The lowest BCUT2D eigenvalue weighted by Crippen LogP contribution is -2.25. The summed E-state index contributed by atoms with van der Waals surface area (Å²) in [5, 5.41) is 0.624. The predicted molar refractivity (Wildman–Crippen MR) is 84.5 cm³/mol. The molecule has 0 radical (unpaired) electrons. The second kappa shape index (κ2) is 6.04. The summed E-state index contributed by atoms with van der Waals surface area (Å²) in [6.45, 7) is 1.50. The summed E-state index contributed by atoms with van der Waals surface area (Å²) >= 11 is 6.18. The first kappa shape index (κ1) is 14.4. The third-order valence-electron chi connectivity index (χ3n) is 3.81. The van der Waals surface area contributed by atoms with E-state index in [0.717, 1.165) is 17.8 Å². The van der Waals surface area contributed by atoms with Crippen LogP contribution in [0.2, 0.25) is 5.02 Å². The van der Waals surface area contributed by atoms with Crippen LogP contribution in [0.15, 0.2) is 42.5 Å². The molecule has 1 aliphatic carbocycles. The van der Waals surface area contributed by atoms with Gasteiger partial charge in [-0.25, -0.2) is 4.39 Å². The Balaban J connectivity index is 1.75. The minimum Gasteiger partial charge on any atom is -0.399 e. The molecule has 1 aliphatic rings. The third kappa shape index (κ3) is 3.74. The molecule has 0 unspecified atom stereocenters. The van der Waals surface area contributed by atoms with Crippen LogP contribution in [-0.4, -0.2) is 10.9 Å². The van der Waals surface area contributed by atoms with E-state index in [4.69, 9.17) is 17.3 Å². The Morgan fingerprint density at radius 3 is 2.48 bits per heavy atom. The molecular weight excluding hydrogens is 287 g/mol. The predicted octanol–water partition coefficient (Wildman–Crippen LogP) is 4.23. The molecule has 1 fully saturated rings. The number of hydrogen-bond donors (Lipinski definition) is 1. The Labute approximate surface area is 129 Å². The van der Waals surface area contributed by atoms with Gasteiger partial charge in [-0.3, -0.25) is 4.90 Å². The van der Waals surface area contributed by atoms with Gasteiger partial charge >= 0.3 is 0 Å². The molecule has 1 saturated carbocycles. The van der Waals surface area contributed by atoms with E-state index in [2.05, 4.69) is 4.90 Å². The van der Waals surface area contributed by atoms with Gasteiger partial charge in [-0.1, -0.05) is 23.7 Å². The van der Waals surface area contributed by atoms with Crippen LogP contribution in [0.25, 0.3) is 0 Å². The van der Waals surface area contributed by atoms with Crippen molar-refractivity contribution in [3.05, 3.63) is 64.4 Å². The molecule has 0 saturated heterocycles. The van der Waals surface area contributed by atoms with Crippen molar-refractivity contribution < 1.29 is 4.39 Å². The van der Waals surface area contributed by atoms with E-state index in [0.29, 0.717) is 17.6 Å². The van der Waals surface area contributed by atoms with E-state index >= 15 is 0 Å². The highest BCUT2D eigenvalue weighted by Crippen LogP contribution is 2.31. The number of nitrogens with zero attached hydrogens (tertiary/aromatic N) is 1. The lowest BCUT2D eigenvalue weighted by Gasteiger charge is -2.23. The molecule has 2 aromatic carbocycles. The minimum absolute atomic E-state index is 0.238. The van der Waals surface area contributed by atoms with Crippen LogP contribution in [0.1, 0.15) is 24.0 Å². The molecule has 2 N–H and O–H groups in total. The van der Waals surface area contributed by atoms with Crippen molar-refractivity contribution in [3.63, 3.8) is 0 Å². The first-order chi connectivity index (χ1) is 10.1. The molecule has 0 aliphatic heterocycles. The summed E-state index contributed by atoms with van der Waals surface area (Å²) in [6, 6.07) is 13.0. The van der Waals surface area contributed by atoms with Crippen molar-refractivity contribution in [1.29, 1.82) is 0 Å². The number of nitrogen functional groups attached to an aromatic ring is 1. The fraction of sp³-hybridized carbons (Fsp3) is 0.294. The topological polar surface area (TPSA) is 29.3 Å². The van der Waals surface area contributed by atoms with Crippen LogP contribution in [0.5, 0.6) is 0 Å². The van der Waals surface area contributed by atoms with Gasteiger partial charge < -0.3 is 5.73 Å². The van der Waals surface area contributed by atoms with E-state index in [-0.39, 0.29) is 5.82 Å². The zero-order chi connectivity index (χ0) is 14.8. The van der Waals surface area contributed by atoms with Gasteiger partial charge in [-0.05, 0) is 54.3 Å². The monoisotopic (exact) mass is 304 g/mol. The molecule has 0 atom stereocenters. The highest BCUT2D eigenvalue weighted by molar-refractivity contribution is 6.31. The molecule has 0 spiro atoms. The van der Waals surface area contributed by atoms with Gasteiger partial charge in [0.05, 0.1) is 0 Å². The number of anilines is 1. The third-order valence-corrected chi connectivity index (χ3v) is 4.18. The van der Waals surface area contributed by atoms with Crippen LogP contribution < -0.4 is 5.73 Å². The molecule has 0 heterocycles. The molecule has 2 nitrogen and oxygen atoms in total. The average molecular weight is 305 g/mol. The SMILES string of the molecule is Nc1ccc(CN(Cc2cc(F)ccc2Cl)C2CC2)cc1. The maximum atomic E-state index is 13.4. The van der Waals surface area contributed by atoms with Crippen LogP contribution in [0.4, 0.5) is 10.1 Å². The van der Waals surface area contributed by atoms with Gasteiger partial charge in [0.2, 0.25) is 0 Å². The van der Waals surface area contributed by atoms with Gasteiger partial charge in [0.1, 0.15) is 5.82 Å². The van der Waals surface area contributed by atoms with Crippen molar-refractivity contribution in [2.24, 2.45) is 0 Å². The molecular formula is C17H18ClFN2. The van der Waals surface area contributed by atoms with E-state index in [1.54, 1.807) is 6.07 Å². The number of rotatable bonds is 5. The Bertz CT molecular complexity index is 623. The highest BCUT2D eigenvalue weighted by atomic mass is 35.5. The number of nitrogens with two attached hydrogens (primary N) is 1. The summed E-state index contributed by atoms with van der Waals surface area (Å²) in [6.07, 6.45) is 2.39. The van der Waals surface area contributed by atoms with Gasteiger partial charge in [0, 0.05) is 29.8 Å². The van der Waals surface area contributed by atoms with Crippen molar-refractivity contribution in [1.82, 2.24) is 4.90 Å². The van der Waals surface area contributed by atoms with Crippen LogP contribution >= 0.6 is 11.6 Å². The number of halogens is 2. The highest BCUT2D eigenvalue weighted by Gasteiger charge is 2.29. The molecule has 3 rings (SSSR count). The van der Waals surface area contributed by atoms with Gasteiger partial charge in [0.25, 0.3) is 0 Å². The Morgan fingerprint density at radius 1 is 1.10 bits per heavy atom. The van der Waals surface area contributed by atoms with E-state index in [1.807, 2.05) is 24.3 Å². The quantitative estimate of drug-likeness (QED) is 0.838. The largest absolute Gasteiger partial charge is 0.399 e. The normalized spacial score (nSPS) is 14.6. The number of hydrogen-bond acceptors (Lipinski definition) is 2. The maximum Gasteiger partial charge on any atom is 0.123 e. The minimum atomic E-state index is -0.238. The summed E-state index contributed by atoms with van der Waals surface area (Å²) in [4.78, 5) is 2.35. The molecule has 2 aromatic rings. The van der Waals surface area contributed by atoms with Crippen LogP contribution in [-0.2, 0) is 13.1 Å². The van der Waals surface area contributed by atoms with Crippen molar-refractivity contribution in [2.45, 2.75) is 32.0 Å². The zero-order valence-electron chi connectivity index (χ0n) is 11.7. The molecule has 0 bridgehead atoms. The summed E-state index contributed by atoms with van der Waals surface area (Å²) in [5.41, 5.74) is 8.54. The summed E-state index contributed by atoms with van der Waals surface area (Å²) < 4.78 is 13.4. The van der Waals surface area contributed by atoms with E-state index in [9.17, 15) is 4.39 Å². The second-order valence-corrected chi connectivity index (χ2v) is 6.02. The van der Waals surface area contributed by atoms with Gasteiger partial charge in [0.15, 0.2) is 0 Å². The summed E-state index contributed by atoms with van der Waals surface area (Å²) in [5.74, 6) is -0.238. The first-order valence-corrected chi connectivity index (χ1v) is 7.52. The van der Waals surface area contributed by atoms with Gasteiger partial charge in [-0.2, -0.15) is 0 Å². The second-order valence-electron chi connectivity index (χ2n) is 5.61. The smallest absolute Gasteiger partial charge is 0.123 e.